The molecule has 34 heavy (non-hydrogen) atoms. The molecule has 3 heterocycles. The van der Waals surface area contributed by atoms with Crippen molar-refractivity contribution < 1.29 is 27.8 Å². The largest absolute Gasteiger partial charge is 0.463 e. The average molecular weight is 488 g/mol. The number of benzene rings is 1. The van der Waals surface area contributed by atoms with Gasteiger partial charge < -0.3 is 14.8 Å². The molecule has 0 amide bonds. The number of hydrogen-bond acceptors (Lipinski definition) is 7. The number of halogens is 2. The Morgan fingerprint density at radius 1 is 1.06 bits per heavy atom. The van der Waals surface area contributed by atoms with Crippen molar-refractivity contribution in [1.82, 2.24) is 14.7 Å². The van der Waals surface area contributed by atoms with E-state index in [1.807, 2.05) is 5.38 Å². The van der Waals surface area contributed by atoms with Gasteiger partial charge in [-0.3, -0.25) is 4.40 Å². The normalized spacial score (nSPS) is 14.5. The van der Waals surface area contributed by atoms with Gasteiger partial charge in [-0.25, -0.2) is 23.4 Å². The summed E-state index contributed by atoms with van der Waals surface area (Å²) in [6.45, 7) is 7.08. The van der Waals surface area contributed by atoms with Crippen molar-refractivity contribution in [2.24, 2.45) is 0 Å². The maximum Gasteiger partial charge on any atom is 0.336 e. The van der Waals surface area contributed by atoms with Gasteiger partial charge in [0.1, 0.15) is 0 Å². The molecule has 1 N–H and O–H groups in total. The van der Waals surface area contributed by atoms with E-state index in [-0.39, 0.29) is 24.4 Å². The van der Waals surface area contributed by atoms with Crippen LogP contribution >= 0.6 is 11.3 Å². The standard InChI is InChI=1S/C24H23F2N3O4S/c1-5-32-22(30)17-12(3)27-13(4)18(23(31)33-6-2)19(17)21-20(28-24-29(21)9-10-34-24)14-7-8-15(25)16(26)11-14/h7-11,19,27H,5-6H2,1-4H3. The van der Waals surface area contributed by atoms with Gasteiger partial charge in [0.25, 0.3) is 0 Å². The first-order valence-corrected chi connectivity index (χ1v) is 11.6. The van der Waals surface area contributed by atoms with Crippen LogP contribution in [0.3, 0.4) is 0 Å². The lowest BCUT2D eigenvalue weighted by Gasteiger charge is -2.30. The Kier molecular flexibility index (Phi) is 6.52. The molecule has 0 saturated carbocycles. The van der Waals surface area contributed by atoms with Crippen LogP contribution < -0.4 is 5.32 Å². The van der Waals surface area contributed by atoms with Gasteiger partial charge in [0.2, 0.25) is 0 Å². The Hall–Kier alpha value is -3.53. The second-order valence-corrected chi connectivity index (χ2v) is 8.48. The molecule has 0 bridgehead atoms. The van der Waals surface area contributed by atoms with E-state index in [1.165, 1.54) is 17.4 Å². The molecule has 3 aromatic rings. The zero-order valence-corrected chi connectivity index (χ0v) is 19.9. The average Bonchev–Trinajstić information content (AvgIpc) is 3.36. The molecule has 0 atom stereocenters. The number of aromatic nitrogens is 2. The number of carbonyl (C=O) groups excluding carboxylic acids is 2. The highest BCUT2D eigenvalue weighted by molar-refractivity contribution is 7.15. The number of hydrogen-bond donors (Lipinski definition) is 1. The maximum atomic E-state index is 14.2. The third kappa shape index (κ3) is 3.98. The van der Waals surface area contributed by atoms with Crippen LogP contribution in [0.4, 0.5) is 8.78 Å². The van der Waals surface area contributed by atoms with Crippen LogP contribution in [-0.2, 0) is 19.1 Å². The van der Waals surface area contributed by atoms with Crippen LogP contribution in [0.5, 0.6) is 0 Å². The Morgan fingerprint density at radius 2 is 1.68 bits per heavy atom. The minimum absolute atomic E-state index is 0.135. The molecule has 178 valence electrons. The van der Waals surface area contributed by atoms with Crippen LogP contribution in [0.25, 0.3) is 16.2 Å². The summed E-state index contributed by atoms with van der Waals surface area (Å²) in [5.41, 5.74) is 2.53. The molecule has 0 radical (unpaired) electrons. The van der Waals surface area contributed by atoms with Crippen molar-refractivity contribution in [2.75, 3.05) is 13.2 Å². The number of fused-ring (bicyclic) bond motifs is 1. The number of ether oxygens (including phenoxy) is 2. The van der Waals surface area contributed by atoms with E-state index in [9.17, 15) is 18.4 Å². The summed E-state index contributed by atoms with van der Waals surface area (Å²) in [6.07, 6.45) is 1.75. The molecule has 0 fully saturated rings. The first kappa shape index (κ1) is 23.6. The predicted molar refractivity (Wildman–Crippen MR) is 123 cm³/mol. The summed E-state index contributed by atoms with van der Waals surface area (Å²) in [6, 6.07) is 3.48. The predicted octanol–water partition coefficient (Wildman–Crippen LogP) is 4.70. The number of rotatable bonds is 6. The fourth-order valence-electron chi connectivity index (χ4n) is 4.16. The minimum atomic E-state index is -1.03. The van der Waals surface area contributed by atoms with Crippen LogP contribution in [0.15, 0.2) is 52.3 Å². The third-order valence-corrected chi connectivity index (χ3v) is 6.27. The summed E-state index contributed by atoms with van der Waals surface area (Å²) < 4.78 is 40.3. The van der Waals surface area contributed by atoms with Crippen molar-refractivity contribution >= 4 is 28.2 Å². The van der Waals surface area contributed by atoms with Crippen molar-refractivity contribution in [1.29, 1.82) is 0 Å². The highest BCUT2D eigenvalue weighted by Crippen LogP contribution is 2.44. The monoisotopic (exact) mass is 487 g/mol. The van der Waals surface area contributed by atoms with Crippen molar-refractivity contribution in [3.8, 4) is 11.3 Å². The number of imidazole rings is 1. The van der Waals surface area contributed by atoms with Gasteiger partial charge in [-0.2, -0.15) is 0 Å². The lowest BCUT2D eigenvalue weighted by atomic mass is 9.81. The number of thiazole rings is 1. The smallest absolute Gasteiger partial charge is 0.336 e. The molecule has 0 unspecified atom stereocenters. The Bertz CT molecular complexity index is 1320. The molecule has 2 aromatic heterocycles. The molecule has 1 aliphatic rings. The quantitative estimate of drug-likeness (QED) is 0.508. The zero-order valence-electron chi connectivity index (χ0n) is 19.1. The van der Waals surface area contributed by atoms with Crippen LogP contribution in [0.2, 0.25) is 0 Å². The molecule has 10 heteroatoms. The molecular weight excluding hydrogens is 464 g/mol. The van der Waals surface area contributed by atoms with Crippen LogP contribution in [-0.4, -0.2) is 34.5 Å². The Morgan fingerprint density at radius 3 is 2.24 bits per heavy atom. The van der Waals surface area contributed by atoms with Crippen LogP contribution in [0.1, 0.15) is 39.3 Å². The summed E-state index contributed by atoms with van der Waals surface area (Å²) in [5, 5.41) is 4.90. The first-order chi connectivity index (χ1) is 16.3. The lowest BCUT2D eigenvalue weighted by molar-refractivity contribution is -0.139. The van der Waals surface area contributed by atoms with Gasteiger partial charge in [0, 0.05) is 28.5 Å². The highest BCUT2D eigenvalue weighted by Gasteiger charge is 2.41. The maximum absolute atomic E-state index is 14.2. The molecule has 0 saturated heterocycles. The molecule has 1 aromatic carbocycles. The second kappa shape index (κ2) is 9.38. The fourth-order valence-corrected chi connectivity index (χ4v) is 4.88. The van der Waals surface area contributed by atoms with Gasteiger partial charge in [-0.1, -0.05) is 0 Å². The third-order valence-electron chi connectivity index (χ3n) is 5.52. The lowest BCUT2D eigenvalue weighted by Crippen LogP contribution is -2.33. The Labute approximate surface area is 198 Å². The highest BCUT2D eigenvalue weighted by atomic mass is 32.1. The number of dihydropyridines is 1. The van der Waals surface area contributed by atoms with Crippen molar-refractivity contribution in [3.05, 3.63) is 69.6 Å². The summed E-state index contributed by atoms with van der Waals surface area (Å²) in [4.78, 5) is 31.5. The molecule has 0 aliphatic carbocycles. The van der Waals surface area contributed by atoms with Gasteiger partial charge in [-0.05, 0) is 45.9 Å². The van der Waals surface area contributed by atoms with E-state index in [1.54, 1.807) is 38.3 Å². The van der Waals surface area contributed by atoms with Gasteiger partial charge >= 0.3 is 11.9 Å². The number of esters is 2. The number of nitrogens with one attached hydrogen (secondary N) is 1. The molecule has 4 rings (SSSR count). The van der Waals surface area contributed by atoms with Crippen LogP contribution in [0, 0.1) is 11.6 Å². The van der Waals surface area contributed by atoms with E-state index in [2.05, 4.69) is 10.3 Å². The van der Waals surface area contributed by atoms with E-state index in [0.29, 0.717) is 33.3 Å². The van der Waals surface area contributed by atoms with E-state index in [4.69, 9.17) is 9.47 Å². The Balaban J connectivity index is 2.04. The molecule has 1 aliphatic heterocycles. The second-order valence-electron chi connectivity index (χ2n) is 7.61. The van der Waals surface area contributed by atoms with Gasteiger partial charge in [0.05, 0.1) is 41.7 Å². The summed E-state index contributed by atoms with van der Waals surface area (Å²) >= 11 is 1.33. The first-order valence-electron chi connectivity index (χ1n) is 10.7. The number of carbonyl (C=O) groups is 2. The van der Waals surface area contributed by atoms with Gasteiger partial charge in [-0.15, -0.1) is 11.3 Å². The summed E-state index contributed by atoms with van der Waals surface area (Å²) in [5.74, 6) is -4.15. The van der Waals surface area contributed by atoms with E-state index >= 15 is 0 Å². The van der Waals surface area contributed by atoms with Crippen molar-refractivity contribution in [2.45, 2.75) is 33.6 Å². The topological polar surface area (TPSA) is 81.9 Å². The SMILES string of the molecule is CCOC(=O)C1=C(C)NC(C)=C(C(=O)OCC)C1c1c(-c2ccc(F)c(F)c2)nc2sccn12. The summed E-state index contributed by atoms with van der Waals surface area (Å²) in [7, 11) is 0. The molecule has 7 nitrogen and oxygen atoms in total. The van der Waals surface area contributed by atoms with Gasteiger partial charge in [0.15, 0.2) is 16.6 Å². The van der Waals surface area contributed by atoms with E-state index < -0.39 is 29.5 Å². The van der Waals surface area contributed by atoms with Crippen molar-refractivity contribution in [3.63, 3.8) is 0 Å². The minimum Gasteiger partial charge on any atom is -0.463 e. The number of nitrogens with zero attached hydrogens (tertiary/aromatic N) is 2. The van der Waals surface area contributed by atoms with E-state index in [0.717, 1.165) is 12.1 Å². The molecular formula is C24H23F2N3O4S. The molecule has 0 spiro atoms. The number of allylic oxidation sites excluding steroid dienone is 2. The zero-order chi connectivity index (χ0) is 24.6. The fraction of sp³-hybridized carbons (Fsp3) is 0.292.